The van der Waals surface area contributed by atoms with Crippen LogP contribution in [-0.4, -0.2) is 62.3 Å². The molecule has 0 spiro atoms. The second-order valence-electron chi connectivity index (χ2n) is 7.11. The van der Waals surface area contributed by atoms with Crippen molar-refractivity contribution in [2.75, 3.05) is 25.4 Å². The van der Waals surface area contributed by atoms with Crippen molar-refractivity contribution in [1.29, 1.82) is 0 Å². The second kappa shape index (κ2) is 5.77. The molecule has 0 unspecified atom stereocenters. The molecule has 1 aromatic carbocycles. The van der Waals surface area contributed by atoms with Crippen LogP contribution in [0.15, 0.2) is 12.1 Å². The van der Waals surface area contributed by atoms with E-state index in [4.69, 9.17) is 5.73 Å². The molecule has 5 rings (SSSR count). The van der Waals surface area contributed by atoms with Crippen molar-refractivity contribution in [3.63, 3.8) is 0 Å². The molecule has 14 heteroatoms. The van der Waals surface area contributed by atoms with Crippen LogP contribution < -0.4 is 15.2 Å². The first-order chi connectivity index (χ1) is 14.0. The number of alkyl halides is 6. The molecule has 0 aliphatic carbocycles. The van der Waals surface area contributed by atoms with Crippen molar-refractivity contribution in [2.24, 2.45) is 0 Å². The number of hydrogen-bond donors (Lipinski definition) is 1. The molecule has 0 atom stereocenters. The van der Waals surface area contributed by atoms with Crippen LogP contribution >= 0.6 is 0 Å². The van der Waals surface area contributed by atoms with Gasteiger partial charge in [-0.2, -0.15) is 17.7 Å². The Labute approximate surface area is 163 Å². The summed E-state index contributed by atoms with van der Waals surface area (Å²) >= 11 is 0. The predicted octanol–water partition coefficient (Wildman–Crippen LogP) is 2.31. The van der Waals surface area contributed by atoms with Crippen molar-refractivity contribution in [3.05, 3.63) is 18.0 Å². The van der Waals surface area contributed by atoms with Gasteiger partial charge in [0.15, 0.2) is 23.0 Å². The van der Waals surface area contributed by atoms with Crippen LogP contribution in [0.3, 0.4) is 0 Å². The molecule has 0 bridgehead atoms. The lowest BCUT2D eigenvalue weighted by atomic mass is 9.95. The fraction of sp³-hybridized carbons (Fsp3) is 0.438. The van der Waals surface area contributed by atoms with Crippen LogP contribution in [0.5, 0.6) is 11.5 Å². The van der Waals surface area contributed by atoms with Gasteiger partial charge < -0.3 is 15.2 Å². The van der Waals surface area contributed by atoms with E-state index in [1.807, 2.05) is 0 Å². The quantitative estimate of drug-likeness (QED) is 0.633. The standard InChI is InChI=1S/C16H12F6N6O2/c17-14(15(18,19)20)5-27(6-14)4-3-9-24-12-7-1-2-8-11(30-16(21,22)29-8)10(7)25-13(23)28(12)26-9/h1-2H,3-6H2,(H2,23,25). The van der Waals surface area contributed by atoms with E-state index in [2.05, 4.69) is 24.5 Å². The number of benzene rings is 1. The Balaban J connectivity index is 1.41. The number of aromatic nitrogens is 4. The summed E-state index contributed by atoms with van der Waals surface area (Å²) in [5.41, 5.74) is 2.86. The van der Waals surface area contributed by atoms with Gasteiger partial charge in [0, 0.05) is 31.4 Å². The molecule has 1 fully saturated rings. The zero-order valence-corrected chi connectivity index (χ0v) is 14.9. The summed E-state index contributed by atoms with van der Waals surface area (Å²) < 4.78 is 88.2. The van der Waals surface area contributed by atoms with Crippen LogP contribution in [0.25, 0.3) is 16.6 Å². The van der Waals surface area contributed by atoms with Crippen molar-refractivity contribution in [3.8, 4) is 11.5 Å². The Morgan fingerprint density at radius 1 is 1.10 bits per heavy atom. The minimum Gasteiger partial charge on any atom is -0.395 e. The molecule has 2 aromatic heterocycles. The molecule has 2 aliphatic rings. The highest BCUT2D eigenvalue weighted by molar-refractivity contribution is 5.97. The summed E-state index contributed by atoms with van der Waals surface area (Å²) in [5, 5.41) is 4.47. The topological polar surface area (TPSA) is 90.8 Å². The summed E-state index contributed by atoms with van der Waals surface area (Å²) in [6, 6.07) is 2.71. The van der Waals surface area contributed by atoms with Gasteiger partial charge in [-0.25, -0.2) is 14.4 Å². The lowest BCUT2D eigenvalue weighted by Crippen LogP contribution is -2.66. The Morgan fingerprint density at radius 2 is 1.83 bits per heavy atom. The molecule has 30 heavy (non-hydrogen) atoms. The van der Waals surface area contributed by atoms with Gasteiger partial charge in [-0.05, 0) is 12.1 Å². The van der Waals surface area contributed by atoms with E-state index >= 15 is 0 Å². The maximum atomic E-state index is 13.6. The number of likely N-dealkylation sites (tertiary alicyclic amines) is 1. The van der Waals surface area contributed by atoms with Gasteiger partial charge in [0.2, 0.25) is 11.6 Å². The summed E-state index contributed by atoms with van der Waals surface area (Å²) in [7, 11) is 0. The van der Waals surface area contributed by atoms with Crippen LogP contribution in [-0.2, 0) is 6.42 Å². The largest absolute Gasteiger partial charge is 0.586 e. The third kappa shape index (κ3) is 2.77. The minimum absolute atomic E-state index is 0.00348. The second-order valence-corrected chi connectivity index (χ2v) is 7.11. The molecule has 3 aromatic rings. The zero-order chi connectivity index (χ0) is 21.5. The zero-order valence-electron chi connectivity index (χ0n) is 14.9. The first kappa shape index (κ1) is 19.0. The number of nitrogen functional groups attached to an aromatic ring is 1. The molecule has 0 saturated carbocycles. The van der Waals surface area contributed by atoms with Gasteiger partial charge in [-0.1, -0.05) is 0 Å². The predicted molar refractivity (Wildman–Crippen MR) is 88.9 cm³/mol. The first-order valence-electron chi connectivity index (χ1n) is 8.67. The molecule has 4 heterocycles. The summed E-state index contributed by atoms with van der Waals surface area (Å²) in [6.07, 6.45) is -8.62. The van der Waals surface area contributed by atoms with Crippen LogP contribution in [0.2, 0.25) is 0 Å². The van der Waals surface area contributed by atoms with Gasteiger partial charge in [-0.15, -0.1) is 13.9 Å². The average molecular weight is 434 g/mol. The third-order valence-electron chi connectivity index (χ3n) is 4.99. The Bertz CT molecular complexity index is 1170. The normalized spacial score (nSPS) is 20.1. The smallest absolute Gasteiger partial charge is 0.395 e. The van der Waals surface area contributed by atoms with Crippen molar-refractivity contribution in [1.82, 2.24) is 24.5 Å². The van der Waals surface area contributed by atoms with E-state index in [9.17, 15) is 26.3 Å². The fourth-order valence-corrected chi connectivity index (χ4v) is 3.51. The maximum absolute atomic E-state index is 13.6. The number of nitrogens with two attached hydrogens (primary N) is 1. The number of anilines is 1. The summed E-state index contributed by atoms with van der Waals surface area (Å²) in [4.78, 5) is 9.61. The van der Waals surface area contributed by atoms with Crippen molar-refractivity contribution >= 4 is 22.5 Å². The molecule has 1 saturated heterocycles. The van der Waals surface area contributed by atoms with Gasteiger partial charge >= 0.3 is 12.5 Å². The van der Waals surface area contributed by atoms with Crippen LogP contribution in [0.1, 0.15) is 5.82 Å². The lowest BCUT2D eigenvalue weighted by Gasteiger charge is -2.44. The van der Waals surface area contributed by atoms with Crippen molar-refractivity contribution < 1.29 is 35.8 Å². The SMILES string of the molecule is Nc1nc2c3c(ccc2c2nc(CCN4CC(F)(C(F)(F)F)C4)nn12)OC(F)(F)O3. The van der Waals surface area contributed by atoms with Crippen LogP contribution in [0.4, 0.5) is 32.3 Å². The molecule has 160 valence electrons. The summed E-state index contributed by atoms with van der Waals surface area (Å²) in [5.74, 6) is -0.432. The maximum Gasteiger partial charge on any atom is 0.586 e. The van der Waals surface area contributed by atoms with E-state index in [1.165, 1.54) is 21.5 Å². The Hall–Kier alpha value is -3.03. The molecular weight excluding hydrogens is 422 g/mol. The van der Waals surface area contributed by atoms with E-state index in [0.717, 1.165) is 0 Å². The highest BCUT2D eigenvalue weighted by Gasteiger charge is 2.62. The van der Waals surface area contributed by atoms with Crippen molar-refractivity contribution in [2.45, 2.75) is 24.6 Å². The van der Waals surface area contributed by atoms with E-state index in [1.54, 1.807) is 0 Å². The lowest BCUT2D eigenvalue weighted by molar-refractivity contribution is -0.286. The first-order valence-corrected chi connectivity index (χ1v) is 8.67. The van der Waals surface area contributed by atoms with Gasteiger partial charge in [0.05, 0.1) is 0 Å². The molecule has 8 nitrogen and oxygen atoms in total. The highest BCUT2D eigenvalue weighted by Crippen LogP contribution is 2.45. The molecule has 0 radical (unpaired) electrons. The number of hydrogen-bond acceptors (Lipinski definition) is 7. The molecule has 2 N–H and O–H groups in total. The Morgan fingerprint density at radius 3 is 2.53 bits per heavy atom. The number of fused-ring (bicyclic) bond motifs is 5. The van der Waals surface area contributed by atoms with E-state index < -0.39 is 31.2 Å². The average Bonchev–Trinajstić information content (AvgIpc) is 3.17. The van der Waals surface area contributed by atoms with Gasteiger partial charge in [0.25, 0.3) is 0 Å². The summed E-state index contributed by atoms with van der Waals surface area (Å²) in [6.45, 7) is -1.41. The molecule has 2 aliphatic heterocycles. The number of ether oxygens (including phenoxy) is 2. The highest BCUT2D eigenvalue weighted by atomic mass is 19.4. The Kier molecular flexibility index (Phi) is 3.65. The number of halogens is 6. The minimum atomic E-state index is -4.91. The third-order valence-corrected chi connectivity index (χ3v) is 4.99. The van der Waals surface area contributed by atoms with E-state index in [0.29, 0.717) is 5.39 Å². The fourth-order valence-electron chi connectivity index (χ4n) is 3.51. The molecule has 0 amide bonds. The molecular formula is C16H12F6N6O2. The number of nitrogens with zero attached hydrogens (tertiary/aromatic N) is 5. The monoisotopic (exact) mass is 434 g/mol. The van der Waals surface area contributed by atoms with Crippen LogP contribution in [0, 0.1) is 0 Å². The van der Waals surface area contributed by atoms with E-state index in [-0.39, 0.29) is 47.4 Å². The van der Waals surface area contributed by atoms with Gasteiger partial charge in [0.1, 0.15) is 5.52 Å². The van der Waals surface area contributed by atoms with Gasteiger partial charge in [-0.3, -0.25) is 4.90 Å². The number of rotatable bonds is 3.